The number of nitrogens with one attached hydrogen (secondary N) is 1. The van der Waals surface area contributed by atoms with Gasteiger partial charge in [-0.25, -0.2) is 4.98 Å². The van der Waals surface area contributed by atoms with Crippen LogP contribution in [0.5, 0.6) is 0 Å². The molecule has 7 heteroatoms. The Labute approximate surface area is 191 Å². The quantitative estimate of drug-likeness (QED) is 0.215. The molecule has 0 atom stereocenters. The number of para-hydroxylation sites is 2. The van der Waals surface area contributed by atoms with Crippen LogP contribution < -0.4 is 10.9 Å². The molecule has 3 aromatic carbocycles. The molecule has 0 radical (unpaired) electrons. The monoisotopic (exact) mass is 527 g/mol. The molecule has 1 aromatic heterocycles. The third kappa shape index (κ3) is 4.73. The molecule has 0 saturated heterocycles. The molecule has 0 fully saturated rings. The van der Waals surface area contributed by atoms with Gasteiger partial charge in [-0.1, -0.05) is 42.1 Å². The minimum atomic E-state index is -0.113. The van der Waals surface area contributed by atoms with Crippen LogP contribution in [0.25, 0.3) is 16.6 Å². The molecule has 1 amide bonds. The van der Waals surface area contributed by atoms with Crippen LogP contribution >= 0.6 is 34.4 Å². The van der Waals surface area contributed by atoms with Crippen molar-refractivity contribution in [2.24, 2.45) is 0 Å². The zero-order valence-corrected chi connectivity index (χ0v) is 18.9. The molecule has 150 valence electrons. The third-order valence-corrected chi connectivity index (χ3v) is 6.11. The highest BCUT2D eigenvalue weighted by molar-refractivity contribution is 14.1. The van der Waals surface area contributed by atoms with E-state index in [-0.39, 0.29) is 11.5 Å². The molecule has 0 unspecified atom stereocenters. The largest absolute Gasteiger partial charge is 0.326 e. The lowest BCUT2D eigenvalue weighted by Gasteiger charge is -2.13. The number of nitrogens with zero attached hydrogens (tertiary/aromatic N) is 2. The Bertz CT molecular complexity index is 1240. The van der Waals surface area contributed by atoms with Crippen LogP contribution in [0.4, 0.5) is 5.69 Å². The van der Waals surface area contributed by atoms with Crippen LogP contribution in [0, 0.1) is 3.57 Å². The van der Waals surface area contributed by atoms with Crippen LogP contribution in [-0.2, 0) is 4.79 Å². The summed E-state index contributed by atoms with van der Waals surface area (Å²) in [5.74, 6) is 0.437. The average Bonchev–Trinajstić information content (AvgIpc) is 2.76. The standard InChI is InChI=1S/C23H18IN3O2S/c24-16-10-12-17(13-11-16)25-21(28)14-15-30-23-26-20-9-5-4-8-19(20)22(29)27(23)18-6-2-1-3-7-18/h1-13H,14-15H2,(H,25,28). The fraction of sp³-hybridized carbons (Fsp3) is 0.0870. The Morgan fingerprint density at radius 1 is 0.967 bits per heavy atom. The Kier molecular flexibility index (Phi) is 6.49. The zero-order valence-electron chi connectivity index (χ0n) is 15.9. The third-order valence-electron chi connectivity index (χ3n) is 4.45. The first-order valence-electron chi connectivity index (χ1n) is 9.37. The number of thioether (sulfide) groups is 1. The molecular weight excluding hydrogens is 509 g/mol. The number of aromatic nitrogens is 2. The summed E-state index contributed by atoms with van der Waals surface area (Å²) in [6.07, 6.45) is 0.314. The van der Waals surface area contributed by atoms with E-state index in [1.54, 1.807) is 10.6 Å². The highest BCUT2D eigenvalue weighted by atomic mass is 127. The summed E-state index contributed by atoms with van der Waals surface area (Å²) in [6.45, 7) is 0. The maximum atomic E-state index is 13.1. The molecule has 0 aliphatic carbocycles. The molecule has 30 heavy (non-hydrogen) atoms. The van der Waals surface area contributed by atoms with E-state index in [1.807, 2.05) is 72.8 Å². The number of amides is 1. The lowest BCUT2D eigenvalue weighted by Crippen LogP contribution is -2.22. The van der Waals surface area contributed by atoms with Crippen molar-refractivity contribution in [1.29, 1.82) is 0 Å². The Hall–Kier alpha value is -2.65. The summed E-state index contributed by atoms with van der Waals surface area (Å²) in [4.78, 5) is 30.1. The van der Waals surface area contributed by atoms with Crippen LogP contribution in [-0.4, -0.2) is 21.2 Å². The van der Waals surface area contributed by atoms with Gasteiger partial charge in [0.2, 0.25) is 5.91 Å². The molecule has 0 aliphatic heterocycles. The van der Waals surface area contributed by atoms with Gasteiger partial charge in [0.25, 0.3) is 5.56 Å². The van der Waals surface area contributed by atoms with E-state index in [2.05, 4.69) is 27.9 Å². The molecule has 5 nitrogen and oxygen atoms in total. The van der Waals surface area contributed by atoms with E-state index < -0.39 is 0 Å². The Morgan fingerprint density at radius 3 is 2.43 bits per heavy atom. The number of carbonyl (C=O) groups is 1. The van der Waals surface area contributed by atoms with Crippen molar-refractivity contribution in [1.82, 2.24) is 9.55 Å². The Balaban J connectivity index is 1.55. The molecule has 0 saturated carbocycles. The minimum absolute atomic E-state index is 0.0712. The van der Waals surface area contributed by atoms with Crippen LogP contribution in [0.2, 0.25) is 0 Å². The number of benzene rings is 3. The van der Waals surface area contributed by atoms with Crippen LogP contribution in [0.1, 0.15) is 6.42 Å². The minimum Gasteiger partial charge on any atom is -0.326 e. The van der Waals surface area contributed by atoms with Crippen LogP contribution in [0.15, 0.2) is 88.8 Å². The van der Waals surface area contributed by atoms with Crippen molar-refractivity contribution in [3.05, 3.63) is 92.8 Å². The summed E-state index contributed by atoms with van der Waals surface area (Å²) in [7, 11) is 0. The van der Waals surface area contributed by atoms with E-state index >= 15 is 0 Å². The summed E-state index contributed by atoms with van der Waals surface area (Å²) < 4.78 is 2.73. The molecule has 1 N–H and O–H groups in total. The first-order valence-corrected chi connectivity index (χ1v) is 11.4. The smallest absolute Gasteiger partial charge is 0.266 e. The maximum Gasteiger partial charge on any atom is 0.266 e. The van der Waals surface area contributed by atoms with Gasteiger partial charge in [0.1, 0.15) is 0 Å². The first-order chi connectivity index (χ1) is 14.6. The van der Waals surface area contributed by atoms with E-state index in [0.29, 0.717) is 28.2 Å². The van der Waals surface area contributed by atoms with Crippen LogP contribution in [0.3, 0.4) is 0 Å². The SMILES string of the molecule is O=C(CCSc1nc2ccccc2c(=O)n1-c1ccccc1)Nc1ccc(I)cc1. The Morgan fingerprint density at radius 2 is 1.67 bits per heavy atom. The molecule has 4 aromatic rings. The highest BCUT2D eigenvalue weighted by Gasteiger charge is 2.13. The van der Waals surface area contributed by atoms with Gasteiger partial charge < -0.3 is 5.32 Å². The fourth-order valence-electron chi connectivity index (χ4n) is 3.01. The summed E-state index contributed by atoms with van der Waals surface area (Å²) >= 11 is 3.63. The van der Waals surface area contributed by atoms with Gasteiger partial charge in [0, 0.05) is 21.4 Å². The maximum absolute atomic E-state index is 13.1. The number of hydrogen-bond acceptors (Lipinski definition) is 4. The molecule has 0 bridgehead atoms. The van der Waals surface area contributed by atoms with E-state index in [4.69, 9.17) is 4.98 Å². The van der Waals surface area contributed by atoms with Gasteiger partial charge in [0.05, 0.1) is 16.6 Å². The lowest BCUT2D eigenvalue weighted by molar-refractivity contribution is -0.115. The first kappa shape index (κ1) is 20.6. The predicted octanol–water partition coefficient (Wildman–Crippen LogP) is 5.11. The van der Waals surface area contributed by atoms with E-state index in [9.17, 15) is 9.59 Å². The highest BCUT2D eigenvalue weighted by Crippen LogP contribution is 2.22. The van der Waals surface area contributed by atoms with Gasteiger partial charge in [-0.05, 0) is 71.1 Å². The van der Waals surface area contributed by atoms with Crippen molar-refractivity contribution >= 4 is 56.9 Å². The second-order valence-electron chi connectivity index (χ2n) is 6.54. The normalized spacial score (nSPS) is 10.8. The predicted molar refractivity (Wildman–Crippen MR) is 130 cm³/mol. The van der Waals surface area contributed by atoms with Gasteiger partial charge in [-0.2, -0.15) is 0 Å². The topological polar surface area (TPSA) is 64.0 Å². The average molecular weight is 527 g/mol. The second kappa shape index (κ2) is 9.44. The number of hydrogen-bond donors (Lipinski definition) is 1. The number of fused-ring (bicyclic) bond motifs is 1. The number of halogens is 1. The van der Waals surface area contributed by atoms with E-state index in [0.717, 1.165) is 14.9 Å². The molecule has 4 rings (SSSR count). The summed E-state index contributed by atoms with van der Waals surface area (Å²) in [6, 6.07) is 24.4. The van der Waals surface area contributed by atoms with Gasteiger partial charge in [-0.3, -0.25) is 14.2 Å². The van der Waals surface area contributed by atoms with Crippen molar-refractivity contribution in [2.75, 3.05) is 11.1 Å². The summed E-state index contributed by atoms with van der Waals surface area (Å²) in [5.41, 5.74) is 2.07. The van der Waals surface area contributed by atoms with Gasteiger partial charge >= 0.3 is 0 Å². The molecular formula is C23H18IN3O2S. The molecule has 1 heterocycles. The van der Waals surface area contributed by atoms with E-state index in [1.165, 1.54) is 11.8 Å². The molecule has 0 spiro atoms. The van der Waals surface area contributed by atoms with Gasteiger partial charge in [-0.15, -0.1) is 0 Å². The number of carbonyl (C=O) groups excluding carboxylic acids is 1. The zero-order chi connectivity index (χ0) is 20.9. The summed E-state index contributed by atoms with van der Waals surface area (Å²) in [5, 5.41) is 4.05. The van der Waals surface area contributed by atoms with Gasteiger partial charge in [0.15, 0.2) is 5.16 Å². The second-order valence-corrected chi connectivity index (χ2v) is 8.85. The molecule has 0 aliphatic rings. The number of rotatable bonds is 6. The lowest BCUT2D eigenvalue weighted by atomic mass is 10.2. The van der Waals surface area contributed by atoms with Crippen molar-refractivity contribution < 1.29 is 4.79 Å². The fourth-order valence-corrected chi connectivity index (χ4v) is 4.32. The van der Waals surface area contributed by atoms with Crippen molar-refractivity contribution in [2.45, 2.75) is 11.6 Å². The number of anilines is 1. The van der Waals surface area contributed by atoms with Crippen molar-refractivity contribution in [3.8, 4) is 5.69 Å². The van der Waals surface area contributed by atoms with Crippen molar-refractivity contribution in [3.63, 3.8) is 0 Å².